The molecule has 2 aromatic rings. The lowest BCUT2D eigenvalue weighted by Crippen LogP contribution is -2.31. The lowest BCUT2D eigenvalue weighted by molar-refractivity contribution is 0.149. The molecule has 0 aliphatic carbocycles. The van der Waals surface area contributed by atoms with Crippen molar-refractivity contribution in [1.82, 2.24) is 0 Å². The van der Waals surface area contributed by atoms with E-state index in [9.17, 15) is 4.79 Å². The Kier molecular flexibility index (Phi) is 5.64. The Morgan fingerprint density at radius 2 is 2.00 bits per heavy atom. The molecule has 0 unspecified atom stereocenters. The second-order valence-corrected chi connectivity index (χ2v) is 8.28. The van der Waals surface area contributed by atoms with Crippen molar-refractivity contribution in [3.05, 3.63) is 75.2 Å². The molecule has 0 bridgehead atoms. The van der Waals surface area contributed by atoms with Gasteiger partial charge in [-0.1, -0.05) is 48.4 Å². The van der Waals surface area contributed by atoms with Gasteiger partial charge in [0.2, 0.25) is 0 Å². The van der Waals surface area contributed by atoms with Gasteiger partial charge in [-0.3, -0.25) is 0 Å². The van der Waals surface area contributed by atoms with Crippen LogP contribution in [0.5, 0.6) is 5.75 Å². The Bertz CT molecular complexity index is 1030. The topological polar surface area (TPSA) is 39.4 Å². The van der Waals surface area contributed by atoms with Crippen molar-refractivity contribution in [3.63, 3.8) is 0 Å². The number of fused-ring (bicyclic) bond motifs is 3. The van der Waals surface area contributed by atoms with Gasteiger partial charge in [0.25, 0.3) is 0 Å². The first kappa shape index (κ1) is 20.2. The number of ether oxygens (including phenoxy) is 1. The van der Waals surface area contributed by atoms with Gasteiger partial charge in [-0.15, -0.1) is 0 Å². The molecule has 0 amide bonds. The molecule has 1 aromatic carbocycles. The number of benzene rings is 1. The van der Waals surface area contributed by atoms with Gasteiger partial charge in [0, 0.05) is 5.92 Å². The molecular weight excluding hydrogens is 348 g/mol. The molecule has 0 N–H and O–H groups in total. The Hall–Kier alpha value is -2.55. The highest BCUT2D eigenvalue weighted by Crippen LogP contribution is 2.47. The highest BCUT2D eigenvalue weighted by molar-refractivity contribution is 5.88. The predicted octanol–water partition coefficient (Wildman–Crippen LogP) is 6.60. The molecule has 148 valence electrons. The van der Waals surface area contributed by atoms with Gasteiger partial charge in [-0.05, 0) is 65.2 Å². The zero-order chi connectivity index (χ0) is 20.5. The summed E-state index contributed by atoms with van der Waals surface area (Å²) in [7, 11) is 0. The van der Waals surface area contributed by atoms with Crippen LogP contribution < -0.4 is 10.4 Å². The van der Waals surface area contributed by atoms with E-state index in [1.54, 1.807) is 0 Å². The number of allylic oxidation sites excluding steroid dienone is 5. The third-order valence-corrected chi connectivity index (χ3v) is 5.64. The second-order valence-electron chi connectivity index (χ2n) is 8.28. The molecule has 1 aliphatic heterocycles. The summed E-state index contributed by atoms with van der Waals surface area (Å²) in [5, 5.41) is 0.898. The monoisotopic (exact) mass is 378 g/mol. The Morgan fingerprint density at radius 1 is 1.25 bits per heavy atom. The van der Waals surface area contributed by atoms with Gasteiger partial charge in [-0.25, -0.2) is 4.79 Å². The molecule has 0 saturated carbocycles. The molecule has 0 fully saturated rings. The molecule has 2 heterocycles. The molecule has 1 aliphatic rings. The average molecular weight is 379 g/mol. The molecule has 0 radical (unpaired) electrons. The van der Waals surface area contributed by atoms with E-state index in [2.05, 4.69) is 45.1 Å². The van der Waals surface area contributed by atoms with Crippen molar-refractivity contribution < 1.29 is 9.15 Å². The Labute approximate surface area is 167 Å². The lowest BCUT2D eigenvalue weighted by atomic mass is 9.87. The summed E-state index contributed by atoms with van der Waals surface area (Å²) < 4.78 is 12.0. The SMILES string of the molecule is CC(C)=CCC/C(C)=C/C=C\[C@@]1(C)Oc2c(c(=O)oc3cccc(C)c23)[C@H]1C. The number of hydrogen-bond donors (Lipinski definition) is 0. The summed E-state index contributed by atoms with van der Waals surface area (Å²) in [6, 6.07) is 5.73. The van der Waals surface area contributed by atoms with Crippen LogP contribution >= 0.6 is 0 Å². The number of hydrogen-bond acceptors (Lipinski definition) is 3. The second kappa shape index (κ2) is 7.83. The fourth-order valence-electron chi connectivity index (χ4n) is 3.73. The Morgan fingerprint density at radius 3 is 2.71 bits per heavy atom. The summed E-state index contributed by atoms with van der Waals surface area (Å²) in [5.74, 6) is 0.589. The summed E-state index contributed by atoms with van der Waals surface area (Å²) >= 11 is 0. The maximum absolute atomic E-state index is 12.6. The molecule has 1 aromatic heterocycles. The minimum atomic E-state index is -0.579. The van der Waals surface area contributed by atoms with Gasteiger partial charge in [-0.2, -0.15) is 0 Å². The normalized spacial score (nSPS) is 21.8. The van der Waals surface area contributed by atoms with Crippen LogP contribution in [-0.4, -0.2) is 5.60 Å². The minimum absolute atomic E-state index is 0.0848. The lowest BCUT2D eigenvalue weighted by Gasteiger charge is -2.24. The fraction of sp³-hybridized carbons (Fsp3) is 0.400. The van der Waals surface area contributed by atoms with Gasteiger partial charge in [0.15, 0.2) is 0 Å². The summed E-state index contributed by atoms with van der Waals surface area (Å²) in [6.07, 6.45) is 10.6. The molecule has 3 nitrogen and oxygen atoms in total. The first-order chi connectivity index (χ1) is 13.2. The first-order valence-corrected chi connectivity index (χ1v) is 9.96. The molecule has 3 heteroatoms. The maximum atomic E-state index is 12.6. The van der Waals surface area contributed by atoms with E-state index in [0.29, 0.717) is 16.9 Å². The number of aryl methyl sites for hydroxylation is 1. The average Bonchev–Trinajstić information content (AvgIpc) is 2.86. The zero-order valence-corrected chi connectivity index (χ0v) is 17.8. The highest BCUT2D eigenvalue weighted by atomic mass is 16.5. The fourth-order valence-corrected chi connectivity index (χ4v) is 3.73. The van der Waals surface area contributed by atoms with Crippen LogP contribution in [-0.2, 0) is 0 Å². The predicted molar refractivity (Wildman–Crippen MR) is 116 cm³/mol. The quantitative estimate of drug-likeness (QED) is 0.334. The molecular formula is C25H30O3. The van der Waals surface area contributed by atoms with E-state index in [1.807, 2.05) is 39.0 Å². The third kappa shape index (κ3) is 3.84. The van der Waals surface area contributed by atoms with E-state index >= 15 is 0 Å². The maximum Gasteiger partial charge on any atom is 0.343 e. The van der Waals surface area contributed by atoms with Crippen LogP contribution in [0.25, 0.3) is 11.0 Å². The van der Waals surface area contributed by atoms with Crippen LogP contribution in [0.1, 0.15) is 64.5 Å². The van der Waals surface area contributed by atoms with E-state index in [4.69, 9.17) is 9.15 Å². The summed E-state index contributed by atoms with van der Waals surface area (Å²) in [5.41, 5.74) is 4.06. The van der Waals surface area contributed by atoms with Gasteiger partial charge in [0.1, 0.15) is 16.9 Å². The van der Waals surface area contributed by atoms with Crippen LogP contribution in [0, 0.1) is 6.92 Å². The van der Waals surface area contributed by atoms with Crippen LogP contribution in [0.3, 0.4) is 0 Å². The summed E-state index contributed by atoms with van der Waals surface area (Å²) in [6.45, 7) is 12.5. The van der Waals surface area contributed by atoms with E-state index in [-0.39, 0.29) is 11.5 Å². The van der Waals surface area contributed by atoms with Crippen molar-refractivity contribution in [3.8, 4) is 5.75 Å². The zero-order valence-electron chi connectivity index (χ0n) is 17.8. The molecule has 0 saturated heterocycles. The van der Waals surface area contributed by atoms with Crippen LogP contribution in [0.15, 0.2) is 62.9 Å². The van der Waals surface area contributed by atoms with Gasteiger partial charge < -0.3 is 9.15 Å². The van der Waals surface area contributed by atoms with Crippen molar-refractivity contribution in [2.45, 2.75) is 65.9 Å². The standard InChI is InChI=1S/C25H30O3/c1-16(2)10-7-11-17(3)12-9-15-25(6)19(5)22-23(28-25)21-18(4)13-8-14-20(21)27-24(22)26/h8-10,12-15,19H,7,11H2,1-6H3/b15-9-,17-12+/t19-,25-/m1/s1. The van der Waals surface area contributed by atoms with Crippen LogP contribution in [0.2, 0.25) is 0 Å². The minimum Gasteiger partial charge on any atom is -0.481 e. The molecule has 0 spiro atoms. The first-order valence-electron chi connectivity index (χ1n) is 9.96. The highest BCUT2D eigenvalue weighted by Gasteiger charge is 2.43. The van der Waals surface area contributed by atoms with E-state index in [1.165, 1.54) is 11.1 Å². The molecule has 2 atom stereocenters. The molecule has 3 rings (SSSR count). The van der Waals surface area contributed by atoms with Crippen molar-refractivity contribution in [2.75, 3.05) is 0 Å². The van der Waals surface area contributed by atoms with Crippen molar-refractivity contribution in [2.24, 2.45) is 0 Å². The largest absolute Gasteiger partial charge is 0.481 e. The van der Waals surface area contributed by atoms with E-state index < -0.39 is 5.60 Å². The Balaban J connectivity index is 1.89. The third-order valence-electron chi connectivity index (χ3n) is 5.64. The van der Waals surface area contributed by atoms with E-state index in [0.717, 1.165) is 23.8 Å². The van der Waals surface area contributed by atoms with Crippen molar-refractivity contribution in [1.29, 1.82) is 0 Å². The van der Waals surface area contributed by atoms with Gasteiger partial charge >= 0.3 is 5.63 Å². The van der Waals surface area contributed by atoms with Gasteiger partial charge in [0.05, 0.1) is 10.9 Å². The number of rotatable bonds is 5. The van der Waals surface area contributed by atoms with Crippen LogP contribution in [0.4, 0.5) is 0 Å². The van der Waals surface area contributed by atoms with Crippen molar-refractivity contribution >= 4 is 11.0 Å². The molecule has 28 heavy (non-hydrogen) atoms. The smallest absolute Gasteiger partial charge is 0.343 e. The summed E-state index contributed by atoms with van der Waals surface area (Å²) in [4.78, 5) is 12.6.